The number of carbonyl (C=O) groups excluding carboxylic acids is 1. The molecule has 1 fully saturated rings. The van der Waals surface area contributed by atoms with E-state index >= 15 is 0 Å². The first-order chi connectivity index (χ1) is 15.9. The van der Waals surface area contributed by atoms with Crippen molar-refractivity contribution in [3.8, 4) is 5.75 Å². The van der Waals surface area contributed by atoms with E-state index in [1.165, 1.54) is 37.0 Å². The largest absolute Gasteiger partial charge is 0.497 e. The summed E-state index contributed by atoms with van der Waals surface area (Å²) < 4.78 is 33.2. The van der Waals surface area contributed by atoms with Crippen LogP contribution in [0.1, 0.15) is 60.7 Å². The van der Waals surface area contributed by atoms with Crippen LogP contribution >= 0.6 is 11.3 Å². The highest BCUT2D eigenvalue weighted by molar-refractivity contribution is 7.91. The lowest BCUT2D eigenvalue weighted by molar-refractivity contribution is 0.0951. The molecule has 0 radical (unpaired) electrons. The fourth-order valence-electron chi connectivity index (χ4n) is 3.90. The molecular weight excluding hydrogens is 458 g/mol. The van der Waals surface area contributed by atoms with Gasteiger partial charge in [-0.1, -0.05) is 38.7 Å². The van der Waals surface area contributed by atoms with Gasteiger partial charge in [-0.3, -0.25) is 4.79 Å². The minimum absolute atomic E-state index is 0.215. The van der Waals surface area contributed by atoms with Gasteiger partial charge < -0.3 is 15.4 Å². The summed E-state index contributed by atoms with van der Waals surface area (Å²) >= 11 is 1.21. The first-order valence-electron chi connectivity index (χ1n) is 11.7. The third kappa shape index (κ3) is 7.27. The van der Waals surface area contributed by atoms with E-state index in [4.69, 9.17) is 4.74 Å². The Morgan fingerprint density at radius 3 is 2.79 bits per heavy atom. The van der Waals surface area contributed by atoms with Gasteiger partial charge in [-0.2, -0.15) is 4.31 Å². The molecule has 1 atom stereocenters. The number of thiophene rings is 1. The number of hydrogen-bond acceptors (Lipinski definition) is 6. The van der Waals surface area contributed by atoms with Crippen molar-refractivity contribution in [2.24, 2.45) is 0 Å². The van der Waals surface area contributed by atoms with Crippen molar-refractivity contribution < 1.29 is 17.9 Å². The second kappa shape index (κ2) is 12.5. The topological polar surface area (TPSA) is 87.7 Å². The maximum absolute atomic E-state index is 13.1. The molecular formula is C24H35N3O4S2. The summed E-state index contributed by atoms with van der Waals surface area (Å²) in [6.45, 7) is 4.48. The highest BCUT2D eigenvalue weighted by Crippen LogP contribution is 2.27. The molecule has 3 rings (SSSR count). The number of amides is 1. The fraction of sp³-hybridized carbons (Fsp3) is 0.542. The lowest BCUT2D eigenvalue weighted by Gasteiger charge is -2.16. The number of methoxy groups -OCH3 is 1. The molecule has 1 aromatic carbocycles. The average molecular weight is 494 g/mol. The van der Waals surface area contributed by atoms with Gasteiger partial charge in [-0.25, -0.2) is 8.42 Å². The predicted molar refractivity (Wildman–Crippen MR) is 132 cm³/mol. The van der Waals surface area contributed by atoms with Gasteiger partial charge in [0.1, 0.15) is 9.96 Å². The first kappa shape index (κ1) is 25.7. The third-order valence-electron chi connectivity index (χ3n) is 5.85. The molecule has 1 aromatic heterocycles. The summed E-state index contributed by atoms with van der Waals surface area (Å²) in [5.41, 5.74) is 0.500. The molecule has 9 heteroatoms. The summed E-state index contributed by atoms with van der Waals surface area (Å²) in [5.74, 6) is 0.386. The molecule has 0 spiro atoms. The van der Waals surface area contributed by atoms with Crippen molar-refractivity contribution in [2.45, 2.75) is 62.2 Å². The lowest BCUT2D eigenvalue weighted by Crippen LogP contribution is -2.35. The van der Waals surface area contributed by atoms with Crippen molar-refractivity contribution in [1.82, 2.24) is 14.9 Å². The van der Waals surface area contributed by atoms with Gasteiger partial charge in [-0.15, -0.1) is 11.3 Å². The SMILES string of the molecule is CCCCCCCNC1CCN(S(=O)(=O)c2ccc(CNC(=O)c3cccc(OC)c3)s2)C1. The second-order valence-electron chi connectivity index (χ2n) is 8.35. The predicted octanol–water partition coefficient (Wildman–Crippen LogP) is 4.01. The number of sulfonamides is 1. The van der Waals surface area contributed by atoms with Crippen molar-refractivity contribution in [2.75, 3.05) is 26.7 Å². The van der Waals surface area contributed by atoms with E-state index < -0.39 is 10.0 Å². The Kier molecular flexibility index (Phi) is 9.73. The van der Waals surface area contributed by atoms with E-state index in [-0.39, 0.29) is 18.5 Å². The Balaban J connectivity index is 1.48. The van der Waals surface area contributed by atoms with Gasteiger partial charge >= 0.3 is 0 Å². The standard InChI is InChI=1S/C24H35N3O4S2/c1-3-4-5-6-7-14-25-20-13-15-27(18-20)33(29,30)23-12-11-22(32-23)17-26-24(28)19-9-8-10-21(16-19)31-2/h8-12,16,20,25H,3-7,13-15,17-18H2,1-2H3,(H,26,28). The summed E-state index contributed by atoms with van der Waals surface area (Å²) in [4.78, 5) is 13.2. The third-order valence-corrected chi connectivity index (χ3v) is 9.27. The lowest BCUT2D eigenvalue weighted by atomic mass is 10.1. The average Bonchev–Trinajstić information content (AvgIpc) is 3.50. The molecule has 2 aromatic rings. The molecule has 0 bridgehead atoms. The van der Waals surface area contributed by atoms with Gasteiger partial charge in [0.25, 0.3) is 15.9 Å². The highest BCUT2D eigenvalue weighted by Gasteiger charge is 2.33. The number of benzene rings is 1. The summed E-state index contributed by atoms with van der Waals surface area (Å²) in [6.07, 6.45) is 6.98. The molecule has 1 aliphatic heterocycles. The monoisotopic (exact) mass is 493 g/mol. The molecule has 2 heterocycles. The van der Waals surface area contributed by atoms with Gasteiger partial charge in [0.2, 0.25) is 0 Å². The van der Waals surface area contributed by atoms with Crippen LogP contribution in [0.2, 0.25) is 0 Å². The maximum atomic E-state index is 13.1. The van der Waals surface area contributed by atoms with E-state index in [1.807, 2.05) is 0 Å². The van der Waals surface area contributed by atoms with Crippen molar-refractivity contribution in [1.29, 1.82) is 0 Å². The van der Waals surface area contributed by atoms with Gasteiger partial charge in [0.15, 0.2) is 0 Å². The number of ether oxygens (including phenoxy) is 1. The summed E-state index contributed by atoms with van der Waals surface area (Å²) in [5, 5.41) is 6.36. The van der Waals surface area contributed by atoms with E-state index in [9.17, 15) is 13.2 Å². The highest BCUT2D eigenvalue weighted by atomic mass is 32.2. The van der Waals surface area contributed by atoms with Crippen LogP contribution in [0.25, 0.3) is 0 Å². The van der Waals surface area contributed by atoms with Crippen LogP contribution in [0.15, 0.2) is 40.6 Å². The maximum Gasteiger partial charge on any atom is 0.252 e. The smallest absolute Gasteiger partial charge is 0.252 e. The van der Waals surface area contributed by atoms with Crippen LogP contribution in [0.4, 0.5) is 0 Å². The Bertz CT molecular complexity index is 1010. The van der Waals surface area contributed by atoms with E-state index in [0.717, 1.165) is 24.3 Å². The van der Waals surface area contributed by atoms with Crippen molar-refractivity contribution in [3.05, 3.63) is 46.8 Å². The van der Waals surface area contributed by atoms with E-state index in [1.54, 1.807) is 47.8 Å². The molecule has 2 N–H and O–H groups in total. The van der Waals surface area contributed by atoms with E-state index in [2.05, 4.69) is 17.6 Å². The van der Waals surface area contributed by atoms with Gasteiger partial charge in [0.05, 0.1) is 13.7 Å². The molecule has 1 unspecified atom stereocenters. The normalized spacial score (nSPS) is 16.7. The zero-order valence-corrected chi connectivity index (χ0v) is 21.1. The molecule has 1 aliphatic rings. The summed E-state index contributed by atoms with van der Waals surface area (Å²) in [6, 6.07) is 10.5. The van der Waals surface area contributed by atoms with Crippen LogP contribution in [0.3, 0.4) is 0 Å². The number of hydrogen-bond donors (Lipinski definition) is 2. The first-order valence-corrected chi connectivity index (χ1v) is 13.9. The Morgan fingerprint density at radius 2 is 2.00 bits per heavy atom. The quantitative estimate of drug-likeness (QED) is 0.412. The zero-order chi connectivity index (χ0) is 23.7. The Morgan fingerprint density at radius 1 is 1.18 bits per heavy atom. The van der Waals surface area contributed by atoms with Crippen LogP contribution < -0.4 is 15.4 Å². The second-order valence-corrected chi connectivity index (χ2v) is 11.7. The molecule has 33 heavy (non-hydrogen) atoms. The minimum Gasteiger partial charge on any atom is -0.497 e. The molecule has 1 amide bonds. The number of unbranched alkanes of at least 4 members (excludes halogenated alkanes) is 4. The van der Waals surface area contributed by atoms with Crippen LogP contribution in [-0.2, 0) is 16.6 Å². The number of nitrogens with one attached hydrogen (secondary N) is 2. The fourth-order valence-corrected chi connectivity index (χ4v) is 6.85. The number of nitrogens with zero attached hydrogens (tertiary/aromatic N) is 1. The van der Waals surface area contributed by atoms with E-state index in [0.29, 0.717) is 28.6 Å². The molecule has 0 aliphatic carbocycles. The van der Waals surface area contributed by atoms with Crippen LogP contribution in [-0.4, -0.2) is 51.4 Å². The Labute approximate surface area is 201 Å². The van der Waals surface area contributed by atoms with Gasteiger partial charge in [-0.05, 0) is 49.7 Å². The number of rotatable bonds is 13. The molecule has 7 nitrogen and oxygen atoms in total. The van der Waals surface area contributed by atoms with Crippen LogP contribution in [0.5, 0.6) is 5.75 Å². The van der Waals surface area contributed by atoms with Crippen LogP contribution in [0, 0.1) is 0 Å². The molecule has 0 saturated carbocycles. The zero-order valence-electron chi connectivity index (χ0n) is 19.5. The molecule has 1 saturated heterocycles. The van der Waals surface area contributed by atoms with Crippen molar-refractivity contribution in [3.63, 3.8) is 0 Å². The summed E-state index contributed by atoms with van der Waals surface area (Å²) in [7, 11) is -1.96. The van der Waals surface area contributed by atoms with Gasteiger partial charge in [0, 0.05) is 29.6 Å². The minimum atomic E-state index is -3.51. The number of carbonyl (C=O) groups is 1. The Hall–Kier alpha value is -1.94. The van der Waals surface area contributed by atoms with Crippen molar-refractivity contribution >= 4 is 27.3 Å². The molecule has 182 valence electrons.